The first kappa shape index (κ1) is 7.77. The molecular formula is C10H12O2. The number of epoxide rings is 1. The van der Waals surface area contributed by atoms with Gasteiger partial charge in [0.05, 0.1) is 12.7 Å². The summed E-state index contributed by atoms with van der Waals surface area (Å²) in [5.41, 5.74) is 1.28. The zero-order valence-corrected chi connectivity index (χ0v) is 6.81. The lowest BCUT2D eigenvalue weighted by Gasteiger charge is -1.95. The van der Waals surface area contributed by atoms with E-state index in [2.05, 4.69) is 12.1 Å². The predicted molar refractivity (Wildman–Crippen MR) is 45.9 cm³/mol. The van der Waals surface area contributed by atoms with Crippen molar-refractivity contribution in [3.63, 3.8) is 0 Å². The largest absolute Gasteiger partial charge is 0.394 e. The van der Waals surface area contributed by atoms with Gasteiger partial charge in [0.25, 0.3) is 0 Å². The van der Waals surface area contributed by atoms with Gasteiger partial charge in [0.1, 0.15) is 6.10 Å². The van der Waals surface area contributed by atoms with E-state index in [4.69, 9.17) is 9.84 Å². The Labute approximate surface area is 71.8 Å². The zero-order valence-electron chi connectivity index (χ0n) is 6.81. The molecule has 2 atom stereocenters. The molecule has 1 heterocycles. The summed E-state index contributed by atoms with van der Waals surface area (Å²) in [5, 5.41) is 8.73. The summed E-state index contributed by atoms with van der Waals surface area (Å²) in [6.07, 6.45) is 1.26. The lowest BCUT2D eigenvalue weighted by molar-refractivity contribution is 0.242. The van der Waals surface area contributed by atoms with Crippen LogP contribution in [0.5, 0.6) is 0 Å². The van der Waals surface area contributed by atoms with Crippen molar-refractivity contribution in [2.75, 3.05) is 6.61 Å². The molecule has 0 amide bonds. The molecule has 1 aromatic carbocycles. The van der Waals surface area contributed by atoms with E-state index >= 15 is 0 Å². The van der Waals surface area contributed by atoms with Crippen molar-refractivity contribution in [1.29, 1.82) is 0 Å². The molecule has 1 aromatic rings. The van der Waals surface area contributed by atoms with E-state index in [0.717, 1.165) is 6.42 Å². The van der Waals surface area contributed by atoms with Crippen LogP contribution in [0, 0.1) is 0 Å². The molecule has 0 aliphatic carbocycles. The van der Waals surface area contributed by atoms with Gasteiger partial charge in [-0.25, -0.2) is 0 Å². The van der Waals surface area contributed by atoms with Crippen molar-refractivity contribution >= 4 is 0 Å². The summed E-state index contributed by atoms with van der Waals surface area (Å²) in [6.45, 7) is 0.150. The van der Waals surface area contributed by atoms with Gasteiger partial charge in [0.2, 0.25) is 0 Å². The summed E-state index contributed by atoms with van der Waals surface area (Å²) in [5.74, 6) is 0. The molecule has 12 heavy (non-hydrogen) atoms. The Kier molecular flexibility index (Phi) is 2.11. The molecule has 1 fully saturated rings. The molecule has 0 unspecified atom stereocenters. The molecule has 0 saturated carbocycles. The number of benzene rings is 1. The van der Waals surface area contributed by atoms with Gasteiger partial charge in [-0.3, -0.25) is 0 Å². The number of rotatable bonds is 3. The number of aliphatic hydroxyl groups is 1. The first-order valence-corrected chi connectivity index (χ1v) is 4.20. The van der Waals surface area contributed by atoms with E-state index in [9.17, 15) is 0 Å². The Morgan fingerprint density at radius 3 is 2.50 bits per heavy atom. The highest BCUT2D eigenvalue weighted by atomic mass is 16.6. The highest BCUT2D eigenvalue weighted by Crippen LogP contribution is 2.24. The molecule has 0 spiro atoms. The Morgan fingerprint density at radius 1 is 1.17 bits per heavy atom. The topological polar surface area (TPSA) is 32.8 Å². The van der Waals surface area contributed by atoms with E-state index in [1.54, 1.807) is 0 Å². The lowest BCUT2D eigenvalue weighted by Crippen LogP contribution is -2.01. The maximum atomic E-state index is 8.73. The maximum Gasteiger partial charge on any atom is 0.107 e. The van der Waals surface area contributed by atoms with Crippen LogP contribution < -0.4 is 0 Å². The van der Waals surface area contributed by atoms with E-state index in [1.807, 2.05) is 18.2 Å². The standard InChI is InChI=1S/C10H12O2/c11-7-10-9(12-10)6-8-4-2-1-3-5-8/h1-5,9-11H,6-7H2/t9-,10-/m0/s1. The second-order valence-corrected chi connectivity index (χ2v) is 3.09. The Balaban J connectivity index is 1.89. The van der Waals surface area contributed by atoms with Crippen molar-refractivity contribution in [2.45, 2.75) is 18.6 Å². The predicted octanol–water partition coefficient (Wildman–Crippen LogP) is 0.989. The SMILES string of the molecule is OC[C@@H]1O[C@H]1Cc1ccccc1. The molecule has 1 saturated heterocycles. The summed E-state index contributed by atoms with van der Waals surface area (Å²) < 4.78 is 5.22. The van der Waals surface area contributed by atoms with Crippen molar-refractivity contribution in [2.24, 2.45) is 0 Å². The lowest BCUT2D eigenvalue weighted by atomic mass is 10.1. The van der Waals surface area contributed by atoms with Gasteiger partial charge in [0.15, 0.2) is 0 Å². The van der Waals surface area contributed by atoms with Crippen LogP contribution in [0.1, 0.15) is 5.56 Å². The summed E-state index contributed by atoms with van der Waals surface area (Å²) >= 11 is 0. The first-order chi connectivity index (χ1) is 5.90. The van der Waals surface area contributed by atoms with E-state index in [1.165, 1.54) is 5.56 Å². The summed E-state index contributed by atoms with van der Waals surface area (Å²) in [4.78, 5) is 0. The maximum absolute atomic E-state index is 8.73. The first-order valence-electron chi connectivity index (χ1n) is 4.20. The van der Waals surface area contributed by atoms with Gasteiger partial charge in [-0.05, 0) is 5.56 Å². The Hall–Kier alpha value is -0.860. The third kappa shape index (κ3) is 1.65. The van der Waals surface area contributed by atoms with Gasteiger partial charge in [-0.2, -0.15) is 0 Å². The second kappa shape index (κ2) is 3.25. The molecule has 0 radical (unpaired) electrons. The number of hydrogen-bond donors (Lipinski definition) is 1. The van der Waals surface area contributed by atoms with E-state index < -0.39 is 0 Å². The van der Waals surface area contributed by atoms with Crippen LogP contribution >= 0.6 is 0 Å². The van der Waals surface area contributed by atoms with Crippen LogP contribution in [-0.4, -0.2) is 23.9 Å². The second-order valence-electron chi connectivity index (χ2n) is 3.09. The normalized spacial score (nSPS) is 27.1. The van der Waals surface area contributed by atoms with Crippen LogP contribution in [-0.2, 0) is 11.2 Å². The van der Waals surface area contributed by atoms with Crippen LogP contribution in [0.3, 0.4) is 0 Å². The van der Waals surface area contributed by atoms with Crippen molar-refractivity contribution in [3.8, 4) is 0 Å². The third-order valence-electron chi connectivity index (χ3n) is 2.15. The van der Waals surface area contributed by atoms with Crippen LogP contribution in [0.25, 0.3) is 0 Å². The zero-order chi connectivity index (χ0) is 8.39. The average molecular weight is 164 g/mol. The van der Waals surface area contributed by atoms with Crippen molar-refractivity contribution in [3.05, 3.63) is 35.9 Å². The van der Waals surface area contributed by atoms with Crippen LogP contribution in [0.15, 0.2) is 30.3 Å². The molecule has 64 valence electrons. The van der Waals surface area contributed by atoms with Gasteiger partial charge >= 0.3 is 0 Å². The Morgan fingerprint density at radius 2 is 1.92 bits per heavy atom. The number of ether oxygens (including phenoxy) is 1. The highest BCUT2D eigenvalue weighted by Gasteiger charge is 2.37. The van der Waals surface area contributed by atoms with E-state index in [-0.39, 0.29) is 18.8 Å². The van der Waals surface area contributed by atoms with Gasteiger partial charge < -0.3 is 9.84 Å². The molecule has 0 bridgehead atoms. The monoisotopic (exact) mass is 164 g/mol. The molecule has 2 heteroatoms. The van der Waals surface area contributed by atoms with Gasteiger partial charge in [-0.15, -0.1) is 0 Å². The third-order valence-corrected chi connectivity index (χ3v) is 2.15. The fourth-order valence-corrected chi connectivity index (χ4v) is 1.37. The highest BCUT2D eigenvalue weighted by molar-refractivity contribution is 5.17. The van der Waals surface area contributed by atoms with E-state index in [0.29, 0.717) is 0 Å². The minimum absolute atomic E-state index is 0.0882. The number of aliphatic hydroxyl groups excluding tert-OH is 1. The average Bonchev–Trinajstić information content (AvgIpc) is 2.85. The minimum Gasteiger partial charge on any atom is -0.394 e. The fourth-order valence-electron chi connectivity index (χ4n) is 1.37. The molecule has 1 N–H and O–H groups in total. The van der Waals surface area contributed by atoms with Crippen LogP contribution in [0.2, 0.25) is 0 Å². The minimum atomic E-state index is 0.0882. The van der Waals surface area contributed by atoms with Gasteiger partial charge in [-0.1, -0.05) is 30.3 Å². The smallest absolute Gasteiger partial charge is 0.107 e. The quantitative estimate of drug-likeness (QED) is 0.676. The molecular weight excluding hydrogens is 152 g/mol. The van der Waals surface area contributed by atoms with Crippen LogP contribution in [0.4, 0.5) is 0 Å². The summed E-state index contributed by atoms with van der Waals surface area (Å²) in [6, 6.07) is 10.2. The van der Waals surface area contributed by atoms with Gasteiger partial charge in [0, 0.05) is 6.42 Å². The molecule has 2 rings (SSSR count). The molecule has 1 aliphatic heterocycles. The fraction of sp³-hybridized carbons (Fsp3) is 0.400. The molecule has 2 nitrogen and oxygen atoms in total. The van der Waals surface area contributed by atoms with Crippen molar-refractivity contribution in [1.82, 2.24) is 0 Å². The number of hydrogen-bond acceptors (Lipinski definition) is 2. The molecule has 0 aromatic heterocycles. The molecule has 1 aliphatic rings. The van der Waals surface area contributed by atoms with Crippen molar-refractivity contribution < 1.29 is 9.84 Å². The Bertz CT molecular complexity index is 245. The summed E-state index contributed by atoms with van der Waals surface area (Å²) in [7, 11) is 0.